The summed E-state index contributed by atoms with van der Waals surface area (Å²) < 4.78 is 20.1. The van der Waals surface area contributed by atoms with Crippen LogP contribution < -0.4 is 0 Å². The Morgan fingerprint density at radius 2 is 1.38 bits per heavy atom. The quantitative estimate of drug-likeness (QED) is 0.173. The number of rotatable bonds is 18. The van der Waals surface area contributed by atoms with Crippen LogP contribution in [0.15, 0.2) is 0 Å². The third-order valence-electron chi connectivity index (χ3n) is 5.84. The van der Waals surface area contributed by atoms with Gasteiger partial charge in [0.25, 0.3) is 0 Å². The zero-order chi connectivity index (χ0) is 19.8. The molecule has 0 N–H and O–H groups in total. The molecule has 0 fully saturated rings. The zero-order valence-corrected chi connectivity index (χ0v) is 19.8. The molecule has 26 heavy (non-hydrogen) atoms. The summed E-state index contributed by atoms with van der Waals surface area (Å²) in [6.07, 6.45) is 15.3. The van der Waals surface area contributed by atoms with E-state index in [4.69, 9.17) is 4.52 Å². The Morgan fingerprint density at radius 3 is 1.96 bits per heavy atom. The van der Waals surface area contributed by atoms with Gasteiger partial charge in [-0.3, -0.25) is 4.57 Å². The first-order chi connectivity index (χ1) is 12.4. The largest absolute Gasteiger partial charge is 0.328 e. The van der Waals surface area contributed by atoms with Gasteiger partial charge in [-0.05, 0) is 24.7 Å². The van der Waals surface area contributed by atoms with E-state index in [0.29, 0.717) is 18.4 Å². The van der Waals surface area contributed by atoms with Crippen molar-refractivity contribution in [3.8, 4) is 0 Å². The Hall–Kier alpha value is 0.190. The van der Waals surface area contributed by atoms with Gasteiger partial charge in [0.05, 0.1) is 6.61 Å². The van der Waals surface area contributed by atoms with E-state index in [0.717, 1.165) is 19.0 Å². The molecule has 0 aromatic carbocycles. The highest BCUT2D eigenvalue weighted by atomic mass is 31.2. The summed E-state index contributed by atoms with van der Waals surface area (Å²) in [5.41, 5.74) is 0.215. The molecular weight excluding hydrogens is 339 g/mol. The topological polar surface area (TPSA) is 26.3 Å². The molecule has 0 aliphatic carbocycles. The molecule has 0 heterocycles. The normalized spacial score (nSPS) is 17.6. The van der Waals surface area contributed by atoms with Crippen molar-refractivity contribution in [2.45, 2.75) is 124 Å². The van der Waals surface area contributed by atoms with Gasteiger partial charge in [0, 0.05) is 11.8 Å². The minimum absolute atomic E-state index is 0.215. The zero-order valence-electron chi connectivity index (χ0n) is 18.9. The molecule has 0 amide bonds. The first-order valence-corrected chi connectivity index (χ1v) is 13.5. The molecule has 0 spiro atoms. The maximum Gasteiger partial charge on any atom is 0.206 e. The van der Waals surface area contributed by atoms with Crippen molar-refractivity contribution in [3.63, 3.8) is 0 Å². The number of unbranched alkanes of at least 4 members (excludes halogenated alkanes) is 5. The van der Waals surface area contributed by atoms with Crippen molar-refractivity contribution in [1.82, 2.24) is 0 Å². The van der Waals surface area contributed by atoms with Crippen LogP contribution in [0, 0.1) is 11.8 Å². The van der Waals surface area contributed by atoms with Crippen molar-refractivity contribution in [3.05, 3.63) is 0 Å². The van der Waals surface area contributed by atoms with E-state index in [1.54, 1.807) is 0 Å². The minimum atomic E-state index is -2.55. The minimum Gasteiger partial charge on any atom is -0.328 e. The van der Waals surface area contributed by atoms with Gasteiger partial charge in [-0.15, -0.1) is 0 Å². The van der Waals surface area contributed by atoms with Crippen molar-refractivity contribution in [1.29, 1.82) is 0 Å². The lowest BCUT2D eigenvalue weighted by Crippen LogP contribution is -2.17. The van der Waals surface area contributed by atoms with Gasteiger partial charge in [0.1, 0.15) is 0 Å². The van der Waals surface area contributed by atoms with Crippen molar-refractivity contribution >= 4 is 7.37 Å². The average Bonchev–Trinajstić information content (AvgIpc) is 2.63. The van der Waals surface area contributed by atoms with E-state index in [2.05, 4.69) is 41.5 Å². The summed E-state index contributed by atoms with van der Waals surface area (Å²) >= 11 is 0. The number of hydrogen-bond donors (Lipinski definition) is 0. The molecule has 0 saturated carbocycles. The van der Waals surface area contributed by atoms with Crippen LogP contribution in [0.1, 0.15) is 119 Å². The monoisotopic (exact) mass is 388 g/mol. The van der Waals surface area contributed by atoms with Crippen LogP contribution in [0.4, 0.5) is 0 Å². The van der Waals surface area contributed by atoms with E-state index < -0.39 is 7.37 Å². The third-order valence-corrected chi connectivity index (χ3v) is 9.16. The first kappa shape index (κ1) is 26.2. The molecule has 3 heteroatoms. The molecule has 0 bridgehead atoms. The molecule has 4 unspecified atom stereocenters. The second kappa shape index (κ2) is 16.2. The molecule has 0 radical (unpaired) electrons. The van der Waals surface area contributed by atoms with Crippen LogP contribution in [-0.4, -0.2) is 18.4 Å². The third kappa shape index (κ3) is 11.8. The summed E-state index contributed by atoms with van der Waals surface area (Å²) in [4.78, 5) is 0. The summed E-state index contributed by atoms with van der Waals surface area (Å²) in [5, 5.41) is 0. The van der Waals surface area contributed by atoms with Gasteiger partial charge >= 0.3 is 0 Å². The molecule has 0 aliphatic rings. The van der Waals surface area contributed by atoms with E-state index in [1.807, 2.05) is 0 Å². The lowest BCUT2D eigenvalue weighted by molar-refractivity contribution is 0.228. The van der Waals surface area contributed by atoms with Crippen LogP contribution in [0.5, 0.6) is 0 Å². The Balaban J connectivity index is 4.80. The van der Waals surface area contributed by atoms with Gasteiger partial charge in [-0.25, -0.2) is 0 Å². The maximum absolute atomic E-state index is 13.8. The van der Waals surface area contributed by atoms with Crippen LogP contribution in [0.3, 0.4) is 0 Å². The van der Waals surface area contributed by atoms with Gasteiger partial charge in [-0.1, -0.05) is 106 Å². The highest BCUT2D eigenvalue weighted by Gasteiger charge is 2.32. The summed E-state index contributed by atoms with van der Waals surface area (Å²) in [6, 6.07) is 0. The van der Waals surface area contributed by atoms with Gasteiger partial charge in [-0.2, -0.15) is 0 Å². The van der Waals surface area contributed by atoms with Crippen molar-refractivity contribution in [2.24, 2.45) is 11.8 Å². The van der Waals surface area contributed by atoms with Gasteiger partial charge in [0.15, 0.2) is 0 Å². The Bertz CT molecular complexity index is 356. The second-order valence-electron chi connectivity index (χ2n) is 8.57. The van der Waals surface area contributed by atoms with Crippen molar-refractivity contribution in [2.75, 3.05) is 12.8 Å². The predicted molar refractivity (Wildman–Crippen MR) is 119 cm³/mol. The lowest BCUT2D eigenvalue weighted by atomic mass is 10.0. The van der Waals surface area contributed by atoms with Crippen LogP contribution in [-0.2, 0) is 9.09 Å². The average molecular weight is 389 g/mol. The molecule has 0 saturated heterocycles. The highest BCUT2D eigenvalue weighted by molar-refractivity contribution is 7.59. The SMILES string of the molecule is CCCCCCC(C)P(=O)(CC(C)CCCC)OCC(CC)CCCC. The molecule has 0 aromatic rings. The van der Waals surface area contributed by atoms with E-state index in [-0.39, 0.29) is 5.66 Å². The molecular formula is C23H49O2P. The highest BCUT2D eigenvalue weighted by Crippen LogP contribution is 2.55. The summed E-state index contributed by atoms with van der Waals surface area (Å²) in [5.74, 6) is 1.08. The fourth-order valence-corrected chi connectivity index (χ4v) is 6.44. The van der Waals surface area contributed by atoms with E-state index >= 15 is 0 Å². The standard InChI is InChI=1S/C23H49O2P/c1-7-11-14-15-17-22(6)26(24,20-21(5)16-12-8-2)25-19-23(10-4)18-13-9-3/h21-23H,7-20H2,1-6H3. The molecule has 4 atom stereocenters. The molecule has 0 rings (SSSR count). The summed E-state index contributed by atoms with van der Waals surface area (Å²) in [7, 11) is -2.55. The van der Waals surface area contributed by atoms with Gasteiger partial charge in [0.2, 0.25) is 7.37 Å². The molecule has 2 nitrogen and oxygen atoms in total. The molecule has 158 valence electrons. The van der Waals surface area contributed by atoms with E-state index in [9.17, 15) is 4.57 Å². The molecule has 0 aromatic heterocycles. The Morgan fingerprint density at radius 1 is 0.769 bits per heavy atom. The smallest absolute Gasteiger partial charge is 0.206 e. The first-order valence-electron chi connectivity index (χ1n) is 11.7. The van der Waals surface area contributed by atoms with E-state index in [1.165, 1.54) is 64.2 Å². The lowest BCUT2D eigenvalue weighted by Gasteiger charge is -2.29. The predicted octanol–water partition coefficient (Wildman–Crippen LogP) is 8.68. The van der Waals surface area contributed by atoms with Gasteiger partial charge < -0.3 is 4.52 Å². The Kier molecular flexibility index (Phi) is 16.3. The fourth-order valence-electron chi connectivity index (χ4n) is 3.63. The van der Waals surface area contributed by atoms with Crippen LogP contribution in [0.2, 0.25) is 0 Å². The maximum atomic E-state index is 13.8. The second-order valence-corrected chi connectivity index (χ2v) is 11.5. The Labute approximate surface area is 165 Å². The summed E-state index contributed by atoms with van der Waals surface area (Å²) in [6.45, 7) is 14.1. The fraction of sp³-hybridized carbons (Fsp3) is 1.00. The number of hydrogen-bond acceptors (Lipinski definition) is 2. The van der Waals surface area contributed by atoms with Crippen LogP contribution >= 0.6 is 7.37 Å². The van der Waals surface area contributed by atoms with Crippen LogP contribution in [0.25, 0.3) is 0 Å². The molecule has 0 aliphatic heterocycles. The van der Waals surface area contributed by atoms with Crippen molar-refractivity contribution < 1.29 is 9.09 Å².